The van der Waals surface area contributed by atoms with E-state index in [2.05, 4.69) is 51.8 Å². The Balaban J connectivity index is 1.67. The molecule has 0 fully saturated rings. The van der Waals surface area contributed by atoms with Gasteiger partial charge in [-0.2, -0.15) is 0 Å². The molecule has 2 N–H and O–H groups in total. The van der Waals surface area contributed by atoms with Crippen molar-refractivity contribution in [3.05, 3.63) is 47.5 Å². The van der Waals surface area contributed by atoms with Crippen LogP contribution in [0.5, 0.6) is 0 Å². The first-order chi connectivity index (χ1) is 10.8. The fraction of sp³-hybridized carbons (Fsp3) is 0.375. The molecule has 0 bridgehead atoms. The lowest BCUT2D eigenvalue weighted by atomic mass is 10.1. The second-order valence-corrected chi connectivity index (χ2v) is 7.01. The molecule has 0 spiro atoms. The van der Waals surface area contributed by atoms with Crippen molar-refractivity contribution in [3.8, 4) is 0 Å². The Labute approximate surface area is 140 Å². The number of nitrogens with zero attached hydrogens (tertiary/aromatic N) is 2. The zero-order valence-corrected chi connectivity index (χ0v) is 14.6. The molecule has 1 heterocycles. The maximum Gasteiger partial charge on any atom is 0.191 e. The SMILES string of the molecule is CN=C(NCCCSc1nccs1)NC(C)c1ccccc1. The van der Waals surface area contributed by atoms with Crippen LogP contribution in [0.25, 0.3) is 0 Å². The Morgan fingerprint density at radius 1 is 1.36 bits per heavy atom. The number of benzene rings is 1. The highest BCUT2D eigenvalue weighted by Gasteiger charge is 2.06. The van der Waals surface area contributed by atoms with E-state index >= 15 is 0 Å². The van der Waals surface area contributed by atoms with Crippen LogP contribution in [0.3, 0.4) is 0 Å². The first-order valence-corrected chi connectivity index (χ1v) is 9.20. The van der Waals surface area contributed by atoms with Gasteiger partial charge in [-0.1, -0.05) is 42.1 Å². The molecule has 0 saturated carbocycles. The molecule has 6 heteroatoms. The van der Waals surface area contributed by atoms with Crippen LogP contribution >= 0.6 is 23.1 Å². The van der Waals surface area contributed by atoms with Crippen LogP contribution in [-0.2, 0) is 0 Å². The highest BCUT2D eigenvalue weighted by atomic mass is 32.2. The van der Waals surface area contributed by atoms with Crippen molar-refractivity contribution in [2.45, 2.75) is 23.7 Å². The molecule has 118 valence electrons. The number of hydrogen-bond donors (Lipinski definition) is 2. The van der Waals surface area contributed by atoms with Gasteiger partial charge >= 0.3 is 0 Å². The number of aliphatic imine (C=N–C) groups is 1. The van der Waals surface area contributed by atoms with Crippen molar-refractivity contribution in [3.63, 3.8) is 0 Å². The molecule has 1 aromatic carbocycles. The molecule has 22 heavy (non-hydrogen) atoms. The average Bonchev–Trinajstić information content (AvgIpc) is 3.07. The van der Waals surface area contributed by atoms with Gasteiger partial charge in [-0.05, 0) is 18.9 Å². The van der Waals surface area contributed by atoms with Crippen LogP contribution in [0.15, 0.2) is 51.2 Å². The summed E-state index contributed by atoms with van der Waals surface area (Å²) in [5.74, 6) is 1.90. The lowest BCUT2D eigenvalue weighted by Crippen LogP contribution is -2.39. The standard InChI is InChI=1S/C16H22N4S2/c1-13(14-7-4-3-5-8-14)20-15(17-2)18-9-6-11-21-16-19-10-12-22-16/h3-5,7-8,10,12-13H,6,9,11H2,1-2H3,(H2,17,18,20). The highest BCUT2D eigenvalue weighted by molar-refractivity contribution is 8.00. The number of aromatic nitrogens is 1. The summed E-state index contributed by atoms with van der Waals surface area (Å²) in [5.41, 5.74) is 1.25. The predicted molar refractivity (Wildman–Crippen MR) is 96.8 cm³/mol. The minimum atomic E-state index is 0.233. The van der Waals surface area contributed by atoms with Gasteiger partial charge in [0.2, 0.25) is 0 Å². The Bertz CT molecular complexity index is 555. The molecule has 0 aliphatic rings. The minimum Gasteiger partial charge on any atom is -0.356 e. The van der Waals surface area contributed by atoms with Crippen molar-refractivity contribution >= 4 is 29.1 Å². The number of thioether (sulfide) groups is 1. The average molecular weight is 335 g/mol. The monoisotopic (exact) mass is 334 g/mol. The summed E-state index contributed by atoms with van der Waals surface area (Å²) in [6.07, 6.45) is 2.92. The van der Waals surface area contributed by atoms with E-state index in [4.69, 9.17) is 0 Å². The molecule has 2 rings (SSSR count). The first kappa shape index (κ1) is 16.8. The largest absolute Gasteiger partial charge is 0.356 e. The van der Waals surface area contributed by atoms with Crippen LogP contribution in [0.2, 0.25) is 0 Å². The topological polar surface area (TPSA) is 49.3 Å². The summed E-state index contributed by atoms with van der Waals surface area (Å²) in [7, 11) is 1.80. The van der Waals surface area contributed by atoms with Crippen molar-refractivity contribution in [2.24, 2.45) is 4.99 Å². The van der Waals surface area contributed by atoms with E-state index in [0.29, 0.717) is 0 Å². The molecule has 0 aliphatic heterocycles. The van der Waals surface area contributed by atoms with Crippen molar-refractivity contribution < 1.29 is 0 Å². The van der Waals surface area contributed by atoms with Gasteiger partial charge in [-0.15, -0.1) is 11.3 Å². The third-order valence-electron chi connectivity index (χ3n) is 3.13. The van der Waals surface area contributed by atoms with Gasteiger partial charge in [0.15, 0.2) is 5.96 Å². The van der Waals surface area contributed by atoms with Gasteiger partial charge < -0.3 is 10.6 Å². The van der Waals surface area contributed by atoms with Crippen molar-refractivity contribution in [1.82, 2.24) is 15.6 Å². The molecule has 1 atom stereocenters. The van der Waals surface area contributed by atoms with Gasteiger partial charge in [0.05, 0.1) is 6.04 Å². The summed E-state index contributed by atoms with van der Waals surface area (Å²) < 4.78 is 1.14. The predicted octanol–water partition coefficient (Wildman–Crippen LogP) is 3.55. The maximum absolute atomic E-state index is 4.28. The minimum absolute atomic E-state index is 0.233. The molecule has 0 amide bonds. The van der Waals surface area contributed by atoms with E-state index in [1.807, 2.05) is 17.6 Å². The molecule has 1 aromatic heterocycles. The van der Waals surface area contributed by atoms with E-state index in [-0.39, 0.29) is 6.04 Å². The number of hydrogen-bond acceptors (Lipinski definition) is 4. The van der Waals surface area contributed by atoms with E-state index in [1.54, 1.807) is 30.1 Å². The second kappa shape index (κ2) is 9.48. The number of thiazole rings is 1. The molecular formula is C16H22N4S2. The molecule has 0 aliphatic carbocycles. The van der Waals surface area contributed by atoms with Crippen LogP contribution in [0.4, 0.5) is 0 Å². The third kappa shape index (κ3) is 5.69. The summed E-state index contributed by atoms with van der Waals surface area (Å²) in [4.78, 5) is 8.54. The van der Waals surface area contributed by atoms with E-state index < -0.39 is 0 Å². The fourth-order valence-electron chi connectivity index (χ4n) is 1.94. The van der Waals surface area contributed by atoms with Crippen LogP contribution in [-0.4, -0.2) is 30.3 Å². The number of nitrogens with one attached hydrogen (secondary N) is 2. The van der Waals surface area contributed by atoms with Crippen LogP contribution in [0.1, 0.15) is 24.9 Å². The lowest BCUT2D eigenvalue weighted by molar-refractivity contribution is 0.682. The number of guanidine groups is 1. The fourth-order valence-corrected chi connectivity index (χ4v) is 3.59. The zero-order chi connectivity index (χ0) is 15.6. The van der Waals surface area contributed by atoms with E-state index in [9.17, 15) is 0 Å². The van der Waals surface area contributed by atoms with Crippen LogP contribution in [0, 0.1) is 0 Å². The van der Waals surface area contributed by atoms with Gasteiger partial charge in [0.25, 0.3) is 0 Å². The van der Waals surface area contributed by atoms with Crippen molar-refractivity contribution in [1.29, 1.82) is 0 Å². The van der Waals surface area contributed by atoms with Gasteiger partial charge in [0, 0.05) is 30.9 Å². The maximum atomic E-state index is 4.28. The molecule has 4 nitrogen and oxygen atoms in total. The molecule has 2 aromatic rings. The summed E-state index contributed by atoms with van der Waals surface area (Å²) in [6, 6.07) is 10.6. The molecule has 1 unspecified atom stereocenters. The highest BCUT2D eigenvalue weighted by Crippen LogP contribution is 2.20. The summed E-state index contributed by atoms with van der Waals surface area (Å²) >= 11 is 3.50. The summed E-state index contributed by atoms with van der Waals surface area (Å²) in [5, 5.41) is 8.78. The van der Waals surface area contributed by atoms with Crippen molar-refractivity contribution in [2.75, 3.05) is 19.3 Å². The molecule has 0 radical (unpaired) electrons. The van der Waals surface area contributed by atoms with E-state index in [1.165, 1.54) is 5.56 Å². The van der Waals surface area contributed by atoms with Gasteiger partial charge in [-0.25, -0.2) is 4.98 Å². The Morgan fingerprint density at radius 3 is 2.86 bits per heavy atom. The smallest absolute Gasteiger partial charge is 0.191 e. The number of rotatable bonds is 7. The Hall–Kier alpha value is -1.53. The zero-order valence-electron chi connectivity index (χ0n) is 13.0. The van der Waals surface area contributed by atoms with Crippen LogP contribution < -0.4 is 10.6 Å². The van der Waals surface area contributed by atoms with Gasteiger partial charge in [-0.3, -0.25) is 4.99 Å². The van der Waals surface area contributed by atoms with Gasteiger partial charge in [0.1, 0.15) is 4.34 Å². The molecule has 0 saturated heterocycles. The first-order valence-electron chi connectivity index (χ1n) is 7.34. The lowest BCUT2D eigenvalue weighted by Gasteiger charge is -2.18. The molecular weight excluding hydrogens is 312 g/mol. The summed E-state index contributed by atoms with van der Waals surface area (Å²) in [6.45, 7) is 3.04. The Morgan fingerprint density at radius 2 is 2.18 bits per heavy atom. The quantitative estimate of drug-likeness (QED) is 0.352. The normalized spacial score (nSPS) is 12.9. The van der Waals surface area contributed by atoms with E-state index in [0.717, 1.165) is 29.0 Å². The second-order valence-electron chi connectivity index (χ2n) is 4.78. The Kier molecular flexibility index (Phi) is 7.25. The third-order valence-corrected chi connectivity index (χ3v) is 5.18.